The number of sulfone groups is 1. The minimum Gasteiger partial charge on any atom is -0.392 e. The highest BCUT2D eigenvalue weighted by Gasteiger charge is 2.08. The zero-order chi connectivity index (χ0) is 10.8. The zero-order valence-electron chi connectivity index (χ0n) is 8.06. The van der Waals surface area contributed by atoms with E-state index in [1.807, 2.05) is 0 Å². The van der Waals surface area contributed by atoms with E-state index in [0.717, 1.165) is 6.26 Å². The first kappa shape index (κ1) is 11.1. The summed E-state index contributed by atoms with van der Waals surface area (Å²) in [5.41, 5.74) is 1.23. The van der Waals surface area contributed by atoms with Crippen LogP contribution >= 0.6 is 0 Å². The molecule has 5 nitrogen and oxygen atoms in total. The number of aliphatic hydroxyl groups excluding tert-OH is 1. The number of aryl methyl sites for hydroxylation is 1. The Morgan fingerprint density at radius 1 is 1.50 bits per heavy atom. The minimum absolute atomic E-state index is 0.134. The molecule has 0 saturated heterocycles. The molecular formula is C8H12N2O3S. The Labute approximate surface area is 82.8 Å². The van der Waals surface area contributed by atoms with E-state index in [1.54, 1.807) is 6.92 Å². The molecule has 0 unspecified atom stereocenters. The summed E-state index contributed by atoms with van der Waals surface area (Å²) in [6, 6.07) is 0. The highest BCUT2D eigenvalue weighted by molar-refractivity contribution is 7.89. The van der Waals surface area contributed by atoms with Gasteiger partial charge in [0.2, 0.25) is 0 Å². The molecule has 0 saturated carbocycles. The van der Waals surface area contributed by atoms with E-state index in [0.29, 0.717) is 11.3 Å². The Balaban J connectivity index is 2.98. The van der Waals surface area contributed by atoms with Crippen LogP contribution in [0.5, 0.6) is 0 Å². The zero-order valence-corrected chi connectivity index (χ0v) is 8.87. The first-order valence-electron chi connectivity index (χ1n) is 4.02. The summed E-state index contributed by atoms with van der Waals surface area (Å²) in [4.78, 5) is 7.82. The molecule has 1 aromatic rings. The lowest BCUT2D eigenvalue weighted by Crippen LogP contribution is -2.07. The summed E-state index contributed by atoms with van der Waals surface area (Å²) in [5, 5.41) is 8.84. The topological polar surface area (TPSA) is 80.2 Å². The predicted octanol–water partition coefficient (Wildman–Crippen LogP) is -0.178. The van der Waals surface area contributed by atoms with Crippen molar-refractivity contribution in [2.45, 2.75) is 19.3 Å². The maximum absolute atomic E-state index is 10.9. The molecule has 0 bridgehead atoms. The van der Waals surface area contributed by atoms with E-state index in [4.69, 9.17) is 5.11 Å². The summed E-state index contributed by atoms with van der Waals surface area (Å²) in [6.45, 7) is 1.57. The molecule has 0 fully saturated rings. The normalized spacial score (nSPS) is 11.6. The predicted molar refractivity (Wildman–Crippen MR) is 51.2 cm³/mol. The van der Waals surface area contributed by atoms with Crippen LogP contribution in [0.3, 0.4) is 0 Å². The van der Waals surface area contributed by atoms with Crippen LogP contribution in [0.4, 0.5) is 0 Å². The van der Waals surface area contributed by atoms with E-state index < -0.39 is 9.84 Å². The van der Waals surface area contributed by atoms with Crippen molar-refractivity contribution >= 4 is 9.84 Å². The third-order valence-electron chi connectivity index (χ3n) is 1.69. The SMILES string of the molecule is Cc1nc(CS(C)(=O)=O)ncc1CO. The third-order valence-corrected chi connectivity index (χ3v) is 2.48. The van der Waals surface area contributed by atoms with Gasteiger partial charge in [-0.3, -0.25) is 0 Å². The number of hydrogen-bond acceptors (Lipinski definition) is 5. The molecular weight excluding hydrogens is 204 g/mol. The second kappa shape index (κ2) is 4.02. The summed E-state index contributed by atoms with van der Waals surface area (Å²) in [5.74, 6) is 0.0988. The summed E-state index contributed by atoms with van der Waals surface area (Å²) in [7, 11) is -3.10. The van der Waals surface area contributed by atoms with Crippen molar-refractivity contribution in [2.24, 2.45) is 0 Å². The molecule has 78 valence electrons. The first-order chi connectivity index (χ1) is 6.42. The molecule has 14 heavy (non-hydrogen) atoms. The molecule has 1 heterocycles. The Hall–Kier alpha value is -1.01. The second-order valence-electron chi connectivity index (χ2n) is 3.13. The van der Waals surface area contributed by atoms with Gasteiger partial charge in [0.15, 0.2) is 9.84 Å². The van der Waals surface area contributed by atoms with Gasteiger partial charge in [-0.1, -0.05) is 0 Å². The molecule has 0 aliphatic heterocycles. The Morgan fingerprint density at radius 3 is 2.57 bits per heavy atom. The first-order valence-corrected chi connectivity index (χ1v) is 6.08. The summed E-state index contributed by atoms with van der Waals surface area (Å²) in [6.07, 6.45) is 2.58. The smallest absolute Gasteiger partial charge is 0.154 e. The number of nitrogens with zero attached hydrogens (tertiary/aromatic N) is 2. The van der Waals surface area contributed by atoms with Crippen LogP contribution in [0.1, 0.15) is 17.1 Å². The van der Waals surface area contributed by atoms with Crippen LogP contribution in [0, 0.1) is 6.92 Å². The molecule has 0 aliphatic carbocycles. The lowest BCUT2D eigenvalue weighted by atomic mass is 10.2. The van der Waals surface area contributed by atoms with E-state index >= 15 is 0 Å². The standard InChI is InChI=1S/C8H12N2O3S/c1-6-7(4-11)3-9-8(10-6)5-14(2,12)13/h3,11H,4-5H2,1-2H3. The van der Waals surface area contributed by atoms with Crippen LogP contribution < -0.4 is 0 Å². The van der Waals surface area contributed by atoms with Gasteiger partial charge in [0.05, 0.1) is 6.61 Å². The highest BCUT2D eigenvalue weighted by Crippen LogP contribution is 2.05. The molecule has 1 N–H and O–H groups in total. The van der Waals surface area contributed by atoms with Crippen molar-refractivity contribution in [1.29, 1.82) is 0 Å². The highest BCUT2D eigenvalue weighted by atomic mass is 32.2. The monoisotopic (exact) mass is 216 g/mol. The fourth-order valence-electron chi connectivity index (χ4n) is 0.999. The van der Waals surface area contributed by atoms with Crippen LogP contribution in [0.2, 0.25) is 0 Å². The van der Waals surface area contributed by atoms with Crippen LogP contribution in [0.15, 0.2) is 6.20 Å². The Kier molecular flexibility index (Phi) is 3.17. The van der Waals surface area contributed by atoms with Crippen molar-refractivity contribution in [3.63, 3.8) is 0 Å². The van der Waals surface area contributed by atoms with Gasteiger partial charge in [0, 0.05) is 23.7 Å². The van der Waals surface area contributed by atoms with Crippen LogP contribution in [0.25, 0.3) is 0 Å². The Bertz CT molecular complexity index is 428. The van der Waals surface area contributed by atoms with E-state index in [9.17, 15) is 8.42 Å². The fraction of sp³-hybridized carbons (Fsp3) is 0.500. The van der Waals surface area contributed by atoms with Gasteiger partial charge in [-0.2, -0.15) is 0 Å². The van der Waals surface area contributed by atoms with Gasteiger partial charge in [-0.05, 0) is 6.92 Å². The molecule has 0 radical (unpaired) electrons. The second-order valence-corrected chi connectivity index (χ2v) is 5.27. The van der Waals surface area contributed by atoms with Gasteiger partial charge in [-0.15, -0.1) is 0 Å². The van der Waals surface area contributed by atoms with Gasteiger partial charge < -0.3 is 5.11 Å². The summed E-state index contributed by atoms with van der Waals surface area (Å²) < 4.78 is 21.9. The minimum atomic E-state index is -3.10. The lowest BCUT2D eigenvalue weighted by Gasteiger charge is -2.03. The van der Waals surface area contributed by atoms with Crippen molar-refractivity contribution in [2.75, 3.05) is 6.26 Å². The van der Waals surface area contributed by atoms with Crippen molar-refractivity contribution in [3.8, 4) is 0 Å². The van der Waals surface area contributed by atoms with E-state index in [-0.39, 0.29) is 18.2 Å². The van der Waals surface area contributed by atoms with E-state index in [2.05, 4.69) is 9.97 Å². The molecule has 1 aromatic heterocycles. The van der Waals surface area contributed by atoms with Crippen molar-refractivity contribution < 1.29 is 13.5 Å². The van der Waals surface area contributed by atoms with Crippen molar-refractivity contribution in [1.82, 2.24) is 9.97 Å². The number of rotatable bonds is 3. The molecule has 0 aliphatic rings. The maximum atomic E-state index is 10.9. The molecule has 0 spiro atoms. The number of aromatic nitrogens is 2. The van der Waals surface area contributed by atoms with Crippen LogP contribution in [-0.2, 0) is 22.2 Å². The average molecular weight is 216 g/mol. The molecule has 6 heteroatoms. The molecule has 0 aromatic carbocycles. The average Bonchev–Trinajstić information content (AvgIpc) is 2.01. The van der Waals surface area contributed by atoms with Gasteiger partial charge in [0.25, 0.3) is 0 Å². The van der Waals surface area contributed by atoms with Gasteiger partial charge in [-0.25, -0.2) is 18.4 Å². The van der Waals surface area contributed by atoms with E-state index in [1.165, 1.54) is 6.20 Å². The Morgan fingerprint density at radius 2 is 2.14 bits per heavy atom. The lowest BCUT2D eigenvalue weighted by molar-refractivity contribution is 0.280. The molecule has 1 rings (SSSR count). The fourth-order valence-corrected chi connectivity index (χ4v) is 1.61. The quantitative estimate of drug-likeness (QED) is 0.758. The van der Waals surface area contributed by atoms with Gasteiger partial charge >= 0.3 is 0 Å². The molecule has 0 atom stereocenters. The largest absolute Gasteiger partial charge is 0.392 e. The van der Waals surface area contributed by atoms with Crippen molar-refractivity contribution in [3.05, 3.63) is 23.3 Å². The summed E-state index contributed by atoms with van der Waals surface area (Å²) >= 11 is 0. The maximum Gasteiger partial charge on any atom is 0.154 e. The van der Waals surface area contributed by atoms with Crippen LogP contribution in [-0.4, -0.2) is 29.7 Å². The number of hydrogen-bond donors (Lipinski definition) is 1. The molecule has 0 amide bonds. The van der Waals surface area contributed by atoms with Gasteiger partial charge in [0.1, 0.15) is 11.6 Å². The third kappa shape index (κ3) is 3.04. The number of aliphatic hydroxyl groups is 1.